The summed E-state index contributed by atoms with van der Waals surface area (Å²) in [5.74, 6) is 0.311. The van der Waals surface area contributed by atoms with Gasteiger partial charge in [0.1, 0.15) is 6.04 Å². The first-order valence-electron chi connectivity index (χ1n) is 8.85. The van der Waals surface area contributed by atoms with Crippen molar-refractivity contribution < 1.29 is 9.59 Å². The molecular formula is C20H30N2O2. The Morgan fingerprint density at radius 1 is 1.17 bits per heavy atom. The fourth-order valence-electron chi connectivity index (χ4n) is 2.97. The number of hydrogen-bond donors (Lipinski definition) is 1. The third-order valence-corrected chi connectivity index (χ3v) is 4.43. The Morgan fingerprint density at radius 2 is 1.79 bits per heavy atom. The minimum Gasteiger partial charge on any atom is -0.344 e. The first-order chi connectivity index (χ1) is 11.2. The maximum absolute atomic E-state index is 13.0. The Bertz CT molecular complexity index is 602. The molecular weight excluding hydrogens is 300 g/mol. The highest BCUT2D eigenvalue weighted by Gasteiger charge is 2.31. The van der Waals surface area contributed by atoms with E-state index in [2.05, 4.69) is 31.3 Å². The number of nitrogens with zero attached hydrogens (tertiary/aromatic N) is 1. The molecule has 0 saturated carbocycles. The number of fused-ring (bicyclic) bond motifs is 1. The molecule has 0 fully saturated rings. The maximum Gasteiger partial charge on any atom is 0.245 e. The number of benzene rings is 1. The first kappa shape index (κ1) is 18.5. The molecule has 4 nitrogen and oxygen atoms in total. The van der Waals surface area contributed by atoms with Crippen molar-refractivity contribution in [2.24, 2.45) is 11.3 Å². The zero-order chi connectivity index (χ0) is 17.9. The van der Waals surface area contributed by atoms with E-state index in [0.717, 1.165) is 13.0 Å². The van der Waals surface area contributed by atoms with E-state index in [-0.39, 0.29) is 11.8 Å². The van der Waals surface area contributed by atoms with E-state index in [4.69, 9.17) is 0 Å². The molecule has 1 N–H and O–H groups in total. The van der Waals surface area contributed by atoms with Crippen molar-refractivity contribution in [2.75, 3.05) is 6.54 Å². The van der Waals surface area contributed by atoms with Gasteiger partial charge in [-0.3, -0.25) is 9.59 Å². The number of carbonyl (C=O) groups is 2. The third-order valence-electron chi connectivity index (χ3n) is 4.43. The number of carbonyl (C=O) groups excluding carboxylic acids is 2. The van der Waals surface area contributed by atoms with E-state index >= 15 is 0 Å². The molecule has 0 aliphatic carbocycles. The topological polar surface area (TPSA) is 49.4 Å². The molecule has 1 heterocycles. The van der Waals surface area contributed by atoms with Gasteiger partial charge in [0.2, 0.25) is 11.8 Å². The molecule has 0 saturated heterocycles. The fraction of sp³-hybridized carbons (Fsp3) is 0.600. The smallest absolute Gasteiger partial charge is 0.245 e. The van der Waals surface area contributed by atoms with Gasteiger partial charge >= 0.3 is 0 Å². The lowest BCUT2D eigenvalue weighted by molar-refractivity contribution is -0.139. The molecule has 2 rings (SSSR count). The Hall–Kier alpha value is -1.84. The molecule has 2 amide bonds. The first-order valence-corrected chi connectivity index (χ1v) is 8.85. The summed E-state index contributed by atoms with van der Waals surface area (Å²) in [6.07, 6.45) is 1.54. The van der Waals surface area contributed by atoms with E-state index in [1.165, 1.54) is 11.1 Å². The van der Waals surface area contributed by atoms with Gasteiger partial charge < -0.3 is 10.2 Å². The highest BCUT2D eigenvalue weighted by Crippen LogP contribution is 2.21. The molecule has 0 radical (unpaired) electrons. The number of hydrogen-bond acceptors (Lipinski definition) is 2. The molecule has 0 spiro atoms. The zero-order valence-corrected chi connectivity index (χ0v) is 15.6. The molecule has 0 bridgehead atoms. The highest BCUT2D eigenvalue weighted by molar-refractivity contribution is 5.89. The van der Waals surface area contributed by atoms with E-state index in [9.17, 15) is 9.59 Å². The second-order valence-corrected chi connectivity index (χ2v) is 8.18. The van der Waals surface area contributed by atoms with Crippen LogP contribution in [0.25, 0.3) is 0 Å². The van der Waals surface area contributed by atoms with Gasteiger partial charge in [0.25, 0.3) is 0 Å². The summed E-state index contributed by atoms with van der Waals surface area (Å²) in [5.41, 5.74) is 2.03. The number of amides is 2. The molecule has 132 valence electrons. The Labute approximate surface area is 145 Å². The Kier molecular flexibility index (Phi) is 5.68. The minimum atomic E-state index is -0.496. The lowest BCUT2D eigenvalue weighted by Crippen LogP contribution is -2.52. The molecule has 24 heavy (non-hydrogen) atoms. The largest absolute Gasteiger partial charge is 0.344 e. The predicted octanol–water partition coefficient (Wildman–Crippen LogP) is 3.15. The van der Waals surface area contributed by atoms with Crippen LogP contribution in [-0.4, -0.2) is 29.3 Å². The van der Waals surface area contributed by atoms with Crippen LogP contribution < -0.4 is 5.32 Å². The molecule has 1 aromatic rings. The molecule has 1 aliphatic heterocycles. The van der Waals surface area contributed by atoms with Gasteiger partial charge in [-0.15, -0.1) is 0 Å². The van der Waals surface area contributed by atoms with Gasteiger partial charge in [0, 0.05) is 18.5 Å². The molecule has 0 unspecified atom stereocenters. The van der Waals surface area contributed by atoms with Gasteiger partial charge in [-0.2, -0.15) is 0 Å². The van der Waals surface area contributed by atoms with E-state index in [1.54, 1.807) is 0 Å². The van der Waals surface area contributed by atoms with Crippen molar-refractivity contribution in [3.05, 3.63) is 35.4 Å². The Morgan fingerprint density at radius 3 is 2.38 bits per heavy atom. The normalized spacial score (nSPS) is 15.8. The highest BCUT2D eigenvalue weighted by atomic mass is 16.2. The summed E-state index contributed by atoms with van der Waals surface area (Å²) in [7, 11) is 0. The number of rotatable bonds is 4. The molecule has 0 aromatic heterocycles. The Balaban J connectivity index is 2.12. The van der Waals surface area contributed by atoms with Crippen LogP contribution >= 0.6 is 0 Å². The molecule has 1 aromatic carbocycles. The van der Waals surface area contributed by atoms with Gasteiger partial charge in [0.15, 0.2) is 0 Å². The summed E-state index contributed by atoms with van der Waals surface area (Å²) in [6, 6.07) is 7.83. The van der Waals surface area contributed by atoms with Crippen molar-refractivity contribution >= 4 is 11.8 Å². The zero-order valence-electron chi connectivity index (χ0n) is 15.6. The van der Waals surface area contributed by atoms with Crippen LogP contribution in [0.15, 0.2) is 24.3 Å². The third kappa shape index (κ3) is 4.59. The maximum atomic E-state index is 13.0. The quantitative estimate of drug-likeness (QED) is 0.922. The van der Waals surface area contributed by atoms with Crippen molar-refractivity contribution in [1.29, 1.82) is 0 Å². The van der Waals surface area contributed by atoms with E-state index < -0.39 is 11.5 Å². The van der Waals surface area contributed by atoms with Crippen molar-refractivity contribution in [3.8, 4) is 0 Å². The summed E-state index contributed by atoms with van der Waals surface area (Å²) >= 11 is 0. The van der Waals surface area contributed by atoms with E-state index in [0.29, 0.717) is 18.9 Å². The average Bonchev–Trinajstić information content (AvgIpc) is 2.51. The van der Waals surface area contributed by atoms with Crippen LogP contribution in [0.2, 0.25) is 0 Å². The van der Waals surface area contributed by atoms with Crippen LogP contribution in [-0.2, 0) is 22.6 Å². The second kappa shape index (κ2) is 7.37. The van der Waals surface area contributed by atoms with Crippen molar-refractivity contribution in [2.45, 2.75) is 60.0 Å². The standard InChI is InChI=1S/C20H30N2O2/c1-14(2)12-17(21-19(24)20(3,4)5)18(23)22-11-10-15-8-6-7-9-16(15)13-22/h6-9,14,17H,10-13H2,1-5H3,(H,21,24)/t17-/m0/s1. The lowest BCUT2D eigenvalue weighted by Gasteiger charge is -2.33. The van der Waals surface area contributed by atoms with Gasteiger partial charge in [-0.1, -0.05) is 58.9 Å². The predicted molar refractivity (Wildman–Crippen MR) is 96.4 cm³/mol. The van der Waals surface area contributed by atoms with Crippen LogP contribution in [0.3, 0.4) is 0 Å². The second-order valence-electron chi connectivity index (χ2n) is 8.18. The fourth-order valence-corrected chi connectivity index (χ4v) is 2.97. The summed E-state index contributed by atoms with van der Waals surface area (Å²) in [4.78, 5) is 27.3. The van der Waals surface area contributed by atoms with Gasteiger partial charge in [0.05, 0.1) is 0 Å². The van der Waals surface area contributed by atoms with Crippen LogP contribution in [0.4, 0.5) is 0 Å². The van der Waals surface area contributed by atoms with E-state index in [1.807, 2.05) is 37.8 Å². The summed E-state index contributed by atoms with van der Waals surface area (Å²) in [5, 5.41) is 2.98. The molecule has 1 aliphatic rings. The molecule has 1 atom stereocenters. The van der Waals surface area contributed by atoms with Crippen LogP contribution in [0.5, 0.6) is 0 Å². The van der Waals surface area contributed by atoms with Crippen LogP contribution in [0.1, 0.15) is 52.2 Å². The average molecular weight is 330 g/mol. The summed E-state index contributed by atoms with van der Waals surface area (Å²) in [6.45, 7) is 11.1. The van der Waals surface area contributed by atoms with Crippen LogP contribution in [0, 0.1) is 11.3 Å². The lowest BCUT2D eigenvalue weighted by atomic mass is 9.93. The summed E-state index contributed by atoms with van der Waals surface area (Å²) < 4.78 is 0. The molecule has 4 heteroatoms. The monoisotopic (exact) mass is 330 g/mol. The van der Waals surface area contributed by atoms with Gasteiger partial charge in [-0.25, -0.2) is 0 Å². The van der Waals surface area contributed by atoms with Gasteiger partial charge in [-0.05, 0) is 29.9 Å². The minimum absolute atomic E-state index is 0.0378. The van der Waals surface area contributed by atoms with Crippen molar-refractivity contribution in [1.82, 2.24) is 10.2 Å². The SMILES string of the molecule is CC(C)C[C@H](NC(=O)C(C)(C)C)C(=O)N1CCc2ccccc2C1. The number of nitrogens with one attached hydrogen (secondary N) is 1. The van der Waals surface area contributed by atoms with Crippen molar-refractivity contribution in [3.63, 3.8) is 0 Å².